The van der Waals surface area contributed by atoms with E-state index >= 15 is 0 Å². The van der Waals surface area contributed by atoms with Gasteiger partial charge in [0.25, 0.3) is 0 Å². The summed E-state index contributed by atoms with van der Waals surface area (Å²) < 4.78 is 26.7. The van der Waals surface area contributed by atoms with E-state index in [2.05, 4.69) is 26.5 Å². The quantitative estimate of drug-likeness (QED) is 0.519. The van der Waals surface area contributed by atoms with Crippen LogP contribution in [0.15, 0.2) is 35.1 Å². The van der Waals surface area contributed by atoms with Gasteiger partial charge in [-0.15, -0.1) is 0 Å². The zero-order valence-electron chi connectivity index (χ0n) is 16.7. The minimum atomic E-state index is -0.407. The first-order valence-corrected chi connectivity index (χ1v) is 9.28. The van der Waals surface area contributed by atoms with Crippen LogP contribution in [0.1, 0.15) is 17.1 Å². The second-order valence-electron chi connectivity index (χ2n) is 6.72. The lowest BCUT2D eigenvalue weighted by Crippen LogP contribution is -2.13. The summed E-state index contributed by atoms with van der Waals surface area (Å²) >= 11 is 0. The topological polar surface area (TPSA) is 102 Å². The second kappa shape index (κ2) is 7.83. The van der Waals surface area contributed by atoms with Crippen LogP contribution in [0.25, 0.3) is 22.2 Å². The summed E-state index contributed by atoms with van der Waals surface area (Å²) in [6, 6.07) is 8.45. The van der Waals surface area contributed by atoms with Crippen molar-refractivity contribution in [3.05, 3.63) is 53.6 Å². The van der Waals surface area contributed by atoms with Crippen molar-refractivity contribution in [3.63, 3.8) is 0 Å². The number of nitrogens with zero attached hydrogens (tertiary/aromatic N) is 5. The van der Waals surface area contributed by atoms with Crippen molar-refractivity contribution in [2.45, 2.75) is 20.4 Å². The molecule has 0 aliphatic rings. The van der Waals surface area contributed by atoms with Crippen LogP contribution in [0.3, 0.4) is 0 Å². The minimum Gasteiger partial charge on any atom is -0.496 e. The number of benzene rings is 1. The predicted molar refractivity (Wildman–Crippen MR) is 109 cm³/mol. The Balaban J connectivity index is 1.58. The van der Waals surface area contributed by atoms with E-state index in [4.69, 9.17) is 9.26 Å². The van der Waals surface area contributed by atoms with E-state index in [0.717, 1.165) is 11.3 Å². The van der Waals surface area contributed by atoms with Crippen molar-refractivity contribution in [1.29, 1.82) is 5.26 Å². The third-order valence-electron chi connectivity index (χ3n) is 4.90. The van der Waals surface area contributed by atoms with Crippen molar-refractivity contribution < 1.29 is 13.7 Å². The van der Waals surface area contributed by atoms with Gasteiger partial charge < -0.3 is 19.1 Å². The molecule has 0 saturated carbocycles. The molecule has 1 aromatic carbocycles. The van der Waals surface area contributed by atoms with Crippen LogP contribution in [-0.4, -0.2) is 33.3 Å². The van der Waals surface area contributed by atoms with E-state index in [-0.39, 0.29) is 0 Å². The second-order valence-corrected chi connectivity index (χ2v) is 6.72. The Bertz CT molecular complexity index is 1250. The van der Waals surface area contributed by atoms with E-state index in [1.54, 1.807) is 22.8 Å². The molecule has 0 spiro atoms. The van der Waals surface area contributed by atoms with Crippen molar-refractivity contribution in [2.75, 3.05) is 19.0 Å². The maximum Gasteiger partial charge on any atom is 0.147 e. The lowest BCUT2D eigenvalue weighted by Gasteiger charge is -2.11. The van der Waals surface area contributed by atoms with Gasteiger partial charge in [-0.1, -0.05) is 5.16 Å². The summed E-state index contributed by atoms with van der Waals surface area (Å²) in [5.74, 6) is 1.40. The number of anilines is 1. The number of aromatic nitrogens is 4. The molecule has 0 atom stereocenters. The third kappa shape index (κ3) is 3.33. The van der Waals surface area contributed by atoms with E-state index in [1.807, 2.05) is 13.8 Å². The van der Waals surface area contributed by atoms with Gasteiger partial charge in [-0.2, -0.15) is 5.26 Å². The zero-order chi connectivity index (χ0) is 21.3. The lowest BCUT2D eigenvalue weighted by molar-refractivity contribution is 0.393. The van der Waals surface area contributed by atoms with Gasteiger partial charge in [0, 0.05) is 24.5 Å². The number of nitriles is 1. The minimum absolute atomic E-state index is 0.340. The van der Waals surface area contributed by atoms with Gasteiger partial charge in [0.05, 0.1) is 29.6 Å². The number of hydrogen-bond acceptors (Lipinski definition) is 7. The first-order valence-electron chi connectivity index (χ1n) is 9.28. The van der Waals surface area contributed by atoms with Gasteiger partial charge in [-0.05, 0) is 32.0 Å². The highest BCUT2D eigenvalue weighted by atomic mass is 19.1. The smallest absolute Gasteiger partial charge is 0.147 e. The number of fused-ring (bicyclic) bond motifs is 1. The molecule has 0 aliphatic heterocycles. The Hall–Kier alpha value is -3.93. The highest BCUT2D eigenvalue weighted by molar-refractivity contribution is 5.88. The molecular weight excluding hydrogens is 387 g/mol. The van der Waals surface area contributed by atoms with Gasteiger partial charge in [-0.3, -0.25) is 0 Å². The number of aryl methyl sites for hydroxylation is 2. The fourth-order valence-electron chi connectivity index (χ4n) is 3.55. The number of hydrogen-bond donors (Lipinski definition) is 1. The molecule has 152 valence electrons. The fourth-order valence-corrected chi connectivity index (χ4v) is 3.55. The summed E-state index contributed by atoms with van der Waals surface area (Å²) in [5, 5.41) is 17.2. The zero-order valence-corrected chi connectivity index (χ0v) is 16.7. The van der Waals surface area contributed by atoms with E-state index in [0.29, 0.717) is 52.7 Å². The van der Waals surface area contributed by atoms with E-state index in [1.165, 1.54) is 19.5 Å². The summed E-state index contributed by atoms with van der Waals surface area (Å²) in [6.07, 6.45) is 1.46. The number of halogens is 1. The molecule has 0 saturated heterocycles. The highest BCUT2D eigenvalue weighted by Crippen LogP contribution is 2.31. The Morgan fingerprint density at radius 2 is 2.10 bits per heavy atom. The Morgan fingerprint density at radius 1 is 1.27 bits per heavy atom. The highest BCUT2D eigenvalue weighted by Gasteiger charge is 2.17. The maximum atomic E-state index is 14.5. The van der Waals surface area contributed by atoms with Gasteiger partial charge in [0.15, 0.2) is 0 Å². The third-order valence-corrected chi connectivity index (χ3v) is 4.90. The summed E-state index contributed by atoms with van der Waals surface area (Å²) in [5.41, 5.74) is 2.97. The van der Waals surface area contributed by atoms with Crippen molar-refractivity contribution in [3.8, 4) is 23.1 Å². The summed E-state index contributed by atoms with van der Waals surface area (Å²) in [7, 11) is 1.52. The molecule has 0 fully saturated rings. The molecule has 0 radical (unpaired) electrons. The number of rotatable bonds is 6. The monoisotopic (exact) mass is 406 g/mol. The standard InChI is InChI=1S/C21H19FN6O2/c1-12-20(13(2)30-27-12)17-9-19(26-11-25-17)24-6-7-28-14(10-23)8-15-18(29-3)5-4-16(22)21(15)28/h4-5,8-9,11H,6-7H2,1-3H3,(H,24,25,26). The van der Waals surface area contributed by atoms with Crippen LogP contribution in [0, 0.1) is 31.0 Å². The summed E-state index contributed by atoms with van der Waals surface area (Å²) in [4.78, 5) is 8.53. The molecular formula is C21H19FN6O2. The van der Waals surface area contributed by atoms with Crippen LogP contribution in [-0.2, 0) is 6.54 Å². The first kappa shape index (κ1) is 19.4. The maximum absolute atomic E-state index is 14.5. The molecule has 0 bridgehead atoms. The Morgan fingerprint density at radius 3 is 2.80 bits per heavy atom. The Labute approximate surface area is 171 Å². The largest absolute Gasteiger partial charge is 0.496 e. The van der Waals surface area contributed by atoms with Crippen molar-refractivity contribution >= 4 is 16.7 Å². The molecule has 0 unspecified atom stereocenters. The Kier molecular flexibility index (Phi) is 5.06. The van der Waals surface area contributed by atoms with Crippen LogP contribution in [0.2, 0.25) is 0 Å². The molecule has 0 aliphatic carbocycles. The number of ether oxygens (including phenoxy) is 1. The SMILES string of the molecule is COc1ccc(F)c2c1cc(C#N)n2CCNc1cc(-c2c(C)noc2C)ncn1. The van der Waals surface area contributed by atoms with Crippen molar-refractivity contribution in [2.24, 2.45) is 0 Å². The van der Waals surface area contributed by atoms with Gasteiger partial charge in [0.1, 0.15) is 41.2 Å². The van der Waals surface area contributed by atoms with Crippen LogP contribution >= 0.6 is 0 Å². The van der Waals surface area contributed by atoms with Crippen LogP contribution in [0.4, 0.5) is 10.2 Å². The lowest BCUT2D eigenvalue weighted by atomic mass is 10.1. The molecule has 8 nitrogen and oxygen atoms in total. The number of nitrogens with one attached hydrogen (secondary N) is 1. The molecule has 9 heteroatoms. The van der Waals surface area contributed by atoms with Gasteiger partial charge in [-0.25, -0.2) is 14.4 Å². The average Bonchev–Trinajstić information content (AvgIpc) is 3.29. The molecule has 4 aromatic rings. The van der Waals surface area contributed by atoms with E-state index < -0.39 is 5.82 Å². The normalized spacial score (nSPS) is 10.9. The van der Waals surface area contributed by atoms with Gasteiger partial charge >= 0.3 is 0 Å². The summed E-state index contributed by atoms with van der Waals surface area (Å²) in [6.45, 7) is 4.46. The predicted octanol–water partition coefficient (Wildman–Crippen LogP) is 3.83. The molecule has 30 heavy (non-hydrogen) atoms. The van der Waals surface area contributed by atoms with Gasteiger partial charge in [0.2, 0.25) is 0 Å². The fraction of sp³-hybridized carbons (Fsp3) is 0.238. The molecule has 0 amide bonds. The van der Waals surface area contributed by atoms with Crippen molar-refractivity contribution in [1.82, 2.24) is 19.7 Å². The average molecular weight is 406 g/mol. The van der Waals surface area contributed by atoms with E-state index in [9.17, 15) is 9.65 Å². The molecule has 3 heterocycles. The van der Waals surface area contributed by atoms with Crippen LogP contribution < -0.4 is 10.1 Å². The number of methoxy groups -OCH3 is 1. The van der Waals surface area contributed by atoms with Crippen LogP contribution in [0.5, 0.6) is 5.75 Å². The first-order chi connectivity index (χ1) is 14.5. The molecule has 4 rings (SSSR count). The molecule has 3 aromatic heterocycles. The molecule has 1 N–H and O–H groups in total.